The van der Waals surface area contributed by atoms with Crippen LogP contribution in [0.2, 0.25) is 6.32 Å². The van der Waals surface area contributed by atoms with E-state index in [1.807, 2.05) is 0 Å². The molecule has 1 unspecified atom stereocenters. The molecule has 0 aliphatic carbocycles. The second-order valence-corrected chi connectivity index (χ2v) is 7.28. The van der Waals surface area contributed by atoms with Crippen molar-refractivity contribution < 1.29 is 9.90 Å². The van der Waals surface area contributed by atoms with Gasteiger partial charge in [0.1, 0.15) is 12.6 Å². The van der Waals surface area contributed by atoms with Crippen molar-refractivity contribution >= 4 is 103 Å². The van der Waals surface area contributed by atoms with Crippen molar-refractivity contribution in [3.05, 3.63) is 0 Å². The molecule has 0 aromatic rings. The lowest BCUT2D eigenvalue weighted by Crippen LogP contribution is -2.70. The van der Waals surface area contributed by atoms with Gasteiger partial charge in [0.15, 0.2) is 0 Å². The molecule has 16 heteroatoms. The van der Waals surface area contributed by atoms with Crippen LogP contribution in [0.15, 0.2) is 0 Å². The van der Waals surface area contributed by atoms with Crippen LogP contribution < -0.4 is 5.73 Å². The molecular formula is C6H11B12NO2S. The summed E-state index contributed by atoms with van der Waals surface area (Å²) in [7, 11) is 34.9. The number of thioether (sulfide) groups is 1. The van der Waals surface area contributed by atoms with E-state index in [0.717, 1.165) is 6.32 Å². The zero-order valence-electron chi connectivity index (χ0n) is 12.5. The SMILES string of the molecule is [B]B([B])B(B([B])[B])B(B([B])[B])B1CC1SCC[C@H](N)C(=O)O. The zero-order chi connectivity index (χ0) is 17.0. The molecule has 0 aromatic carbocycles. The van der Waals surface area contributed by atoms with Gasteiger partial charge in [0, 0.05) is 78.3 Å². The summed E-state index contributed by atoms with van der Waals surface area (Å²) in [6, 6.07) is -0.833. The van der Waals surface area contributed by atoms with E-state index < -0.39 is 31.2 Å². The molecule has 12 radical (unpaired) electrons. The molecule has 3 N–H and O–H groups in total. The third-order valence-corrected chi connectivity index (χ3v) is 5.57. The van der Waals surface area contributed by atoms with Crippen LogP contribution in [0.25, 0.3) is 0 Å². The van der Waals surface area contributed by atoms with Crippen LogP contribution in [0.3, 0.4) is 0 Å². The third-order valence-electron chi connectivity index (χ3n) is 4.13. The lowest BCUT2D eigenvalue weighted by molar-refractivity contribution is -0.138. The Bertz CT molecular complexity index is 366. The molecule has 1 saturated heterocycles. The molecule has 0 amide bonds. The van der Waals surface area contributed by atoms with E-state index in [-0.39, 0.29) is 19.4 Å². The minimum atomic E-state index is -0.988. The smallest absolute Gasteiger partial charge is 0.320 e. The molecule has 0 aromatic heterocycles. The van der Waals surface area contributed by atoms with Gasteiger partial charge in [0.25, 0.3) is 0 Å². The summed E-state index contributed by atoms with van der Waals surface area (Å²) < 4.78 is 0. The van der Waals surface area contributed by atoms with Gasteiger partial charge < -0.3 is 10.8 Å². The molecular weight excluding hydrogens is 280 g/mol. The zero-order valence-corrected chi connectivity index (χ0v) is 13.4. The van der Waals surface area contributed by atoms with E-state index in [9.17, 15) is 4.79 Å². The molecule has 0 saturated carbocycles. The molecule has 94 valence electrons. The lowest BCUT2D eigenvalue weighted by Gasteiger charge is -2.31. The number of aliphatic carboxylic acids is 1. The summed E-state index contributed by atoms with van der Waals surface area (Å²) in [6.45, 7) is 0.236. The van der Waals surface area contributed by atoms with E-state index in [1.54, 1.807) is 11.8 Å². The standard InChI is InChI=1S/C6H11B12NO2S/c7-14(8)17(18(15(9)10)16(11)12)13-3-5(13)22-2-1-4(19)6(20)21/h4-5H,1-3,19H2,(H,20,21)/t4-,5?/m0/s1. The Morgan fingerprint density at radius 1 is 1.23 bits per heavy atom. The number of carboxylic acids is 1. The second-order valence-electron chi connectivity index (χ2n) is 5.93. The van der Waals surface area contributed by atoms with Gasteiger partial charge in [0.05, 0.1) is 0 Å². The number of nitrogens with two attached hydrogens (primary N) is 1. The van der Waals surface area contributed by atoms with Gasteiger partial charge in [0.2, 0.25) is 0 Å². The first-order valence-corrected chi connectivity index (χ1v) is 8.35. The van der Waals surface area contributed by atoms with Crippen LogP contribution in [-0.2, 0) is 4.79 Å². The highest BCUT2D eigenvalue weighted by molar-refractivity contribution is 8.11. The minimum Gasteiger partial charge on any atom is -0.480 e. The summed E-state index contributed by atoms with van der Waals surface area (Å²) in [5.41, 5.74) is 5.47. The number of carboxylic acid groups (broad SMARTS) is 1. The van der Waals surface area contributed by atoms with Crippen molar-refractivity contribution in [2.45, 2.75) is 23.9 Å². The van der Waals surface area contributed by atoms with Gasteiger partial charge in [-0.2, -0.15) is 11.8 Å². The van der Waals surface area contributed by atoms with Gasteiger partial charge in [-0.15, -0.1) is 0 Å². The summed E-state index contributed by atoms with van der Waals surface area (Å²) in [5, 5.41) is 9.08. The Balaban J connectivity index is 2.53. The molecule has 1 aliphatic heterocycles. The average Bonchev–Trinajstić information content (AvgIpc) is 3.12. The van der Waals surface area contributed by atoms with E-state index in [1.165, 1.54) is 0 Å². The Labute approximate surface area is 148 Å². The van der Waals surface area contributed by atoms with Gasteiger partial charge in [-0.1, -0.05) is 6.32 Å². The number of rotatable bonds is 10. The molecule has 1 fully saturated rings. The van der Waals surface area contributed by atoms with Crippen LogP contribution in [0.5, 0.6) is 0 Å². The van der Waals surface area contributed by atoms with E-state index in [4.69, 9.17) is 57.3 Å². The fraction of sp³-hybridized carbons (Fsp3) is 0.833. The summed E-state index contributed by atoms with van der Waals surface area (Å²) >= 11 is 1.67. The van der Waals surface area contributed by atoms with Gasteiger partial charge in [-0.05, 0) is 17.3 Å². The average molecular weight is 291 g/mol. The van der Waals surface area contributed by atoms with Crippen LogP contribution in [0.1, 0.15) is 6.42 Å². The van der Waals surface area contributed by atoms with Crippen LogP contribution in [-0.4, -0.2) is 113 Å². The highest BCUT2D eigenvalue weighted by Crippen LogP contribution is 2.37. The van der Waals surface area contributed by atoms with Crippen molar-refractivity contribution in [3.8, 4) is 0 Å². The van der Waals surface area contributed by atoms with Gasteiger partial charge in [-0.25, -0.2) is 0 Å². The highest BCUT2D eigenvalue weighted by Gasteiger charge is 2.51. The third kappa shape index (κ3) is 5.88. The fourth-order valence-electron chi connectivity index (χ4n) is 2.85. The molecule has 1 rings (SSSR count). The molecule has 0 bridgehead atoms. The maximum absolute atomic E-state index is 10.7. The first-order valence-electron chi connectivity index (χ1n) is 7.30. The van der Waals surface area contributed by atoms with Crippen LogP contribution >= 0.6 is 11.8 Å². The monoisotopic (exact) mass is 293 g/mol. The number of hydrogen-bond acceptors (Lipinski definition) is 3. The van der Waals surface area contributed by atoms with Gasteiger partial charge in [-0.3, -0.25) is 4.79 Å². The summed E-state index contributed by atoms with van der Waals surface area (Å²) in [6.07, 6.45) is -1.18. The lowest BCUT2D eigenvalue weighted by atomic mass is 8.50. The Kier molecular flexibility index (Phi) is 8.57. The van der Waals surface area contributed by atoms with E-state index in [0.29, 0.717) is 17.3 Å². The van der Waals surface area contributed by atoms with E-state index in [2.05, 4.69) is 0 Å². The minimum absolute atomic E-state index is 0.161. The number of carbonyl (C=O) groups is 1. The molecule has 1 aliphatic rings. The normalized spacial score (nSPS) is 17.5. The quantitative estimate of drug-likeness (QED) is 0.401. The molecule has 1 heterocycles. The molecule has 3 nitrogen and oxygen atoms in total. The predicted octanol–water partition coefficient (Wildman–Crippen LogP) is -4.20. The topological polar surface area (TPSA) is 63.3 Å². The summed E-state index contributed by atoms with van der Waals surface area (Å²) in [4.78, 5) is 10.7. The van der Waals surface area contributed by atoms with Crippen LogP contribution in [0.4, 0.5) is 0 Å². The Morgan fingerprint density at radius 3 is 2.18 bits per heavy atom. The second kappa shape index (κ2) is 9.15. The van der Waals surface area contributed by atoms with E-state index >= 15 is 0 Å². The van der Waals surface area contributed by atoms with Crippen LogP contribution in [0, 0.1) is 0 Å². The maximum atomic E-state index is 10.7. The van der Waals surface area contributed by atoms with Crippen molar-refractivity contribution in [1.82, 2.24) is 0 Å². The fourth-order valence-corrected chi connectivity index (χ4v) is 4.33. The summed E-state index contributed by atoms with van der Waals surface area (Å²) in [5.74, 6) is -0.326. The first kappa shape index (κ1) is 20.6. The van der Waals surface area contributed by atoms with Crippen molar-refractivity contribution in [3.63, 3.8) is 0 Å². The van der Waals surface area contributed by atoms with Gasteiger partial charge >= 0.3 is 5.97 Å². The Hall–Kier alpha value is 0.559. The molecule has 0 spiro atoms. The highest BCUT2D eigenvalue weighted by atomic mass is 32.2. The maximum Gasteiger partial charge on any atom is 0.320 e. The number of hydrogen-bond donors (Lipinski definition) is 2. The van der Waals surface area contributed by atoms with Crippen molar-refractivity contribution in [2.75, 3.05) is 5.75 Å². The first-order chi connectivity index (χ1) is 10.2. The van der Waals surface area contributed by atoms with Crippen molar-refractivity contribution in [2.24, 2.45) is 5.73 Å². The van der Waals surface area contributed by atoms with Crippen molar-refractivity contribution in [1.29, 1.82) is 0 Å². The predicted molar refractivity (Wildman–Crippen MR) is 110 cm³/mol. The largest absolute Gasteiger partial charge is 0.480 e. The molecule has 22 heavy (non-hydrogen) atoms. The molecule has 2 atom stereocenters. The Morgan fingerprint density at radius 2 is 1.77 bits per heavy atom.